The van der Waals surface area contributed by atoms with Crippen LogP contribution in [-0.2, 0) is 0 Å². The van der Waals surface area contributed by atoms with Crippen LogP contribution >= 0.6 is 0 Å². The van der Waals surface area contributed by atoms with E-state index in [0.717, 1.165) is 33.4 Å². The summed E-state index contributed by atoms with van der Waals surface area (Å²) in [6.07, 6.45) is 0. The van der Waals surface area contributed by atoms with Crippen LogP contribution in [0.15, 0.2) is 109 Å². The fraction of sp³-hybridized carbons (Fsp3) is 0. The molecule has 0 bridgehead atoms. The van der Waals surface area contributed by atoms with Crippen LogP contribution < -0.4 is 0 Å². The van der Waals surface area contributed by atoms with Crippen LogP contribution in [0.1, 0.15) is 33.4 Å². The first-order valence-electron chi connectivity index (χ1n) is 9.72. The zero-order valence-corrected chi connectivity index (χ0v) is 16.4. The lowest BCUT2D eigenvalue weighted by Gasteiger charge is -1.96. The Labute approximate surface area is 178 Å². The van der Waals surface area contributed by atoms with Gasteiger partial charge in [-0.05, 0) is 54.6 Å². The summed E-state index contributed by atoms with van der Waals surface area (Å²) in [4.78, 5) is 0. The molecule has 0 aliphatic heterocycles. The van der Waals surface area contributed by atoms with Crippen molar-refractivity contribution in [2.45, 2.75) is 0 Å². The van der Waals surface area contributed by atoms with E-state index in [2.05, 4.69) is 35.5 Å². The highest BCUT2D eigenvalue weighted by atomic mass is 14.0. The molecule has 0 nitrogen and oxygen atoms in total. The van der Waals surface area contributed by atoms with Gasteiger partial charge in [0.25, 0.3) is 0 Å². The van der Waals surface area contributed by atoms with Gasteiger partial charge in [0.1, 0.15) is 0 Å². The molecule has 0 heteroatoms. The highest BCUT2D eigenvalue weighted by Crippen LogP contribution is 2.08. The maximum Gasteiger partial charge on any atom is 0.0405 e. The summed E-state index contributed by atoms with van der Waals surface area (Å²) >= 11 is 0. The van der Waals surface area contributed by atoms with Crippen LogP contribution in [0, 0.1) is 35.5 Å². The molecular formula is C30H18. The summed E-state index contributed by atoms with van der Waals surface area (Å²) < 4.78 is 0. The van der Waals surface area contributed by atoms with Crippen LogP contribution in [0.2, 0.25) is 0 Å². The molecule has 0 atom stereocenters. The first-order valence-corrected chi connectivity index (χ1v) is 9.72. The van der Waals surface area contributed by atoms with E-state index in [0.29, 0.717) is 0 Å². The largest absolute Gasteiger partial charge is 0.0622 e. The molecule has 0 amide bonds. The van der Waals surface area contributed by atoms with Crippen molar-refractivity contribution < 1.29 is 0 Å². The molecule has 0 fully saturated rings. The third-order valence-electron chi connectivity index (χ3n) is 4.37. The van der Waals surface area contributed by atoms with E-state index < -0.39 is 0 Å². The van der Waals surface area contributed by atoms with Crippen LogP contribution in [0.4, 0.5) is 0 Å². The molecule has 0 heterocycles. The smallest absolute Gasteiger partial charge is 0.0405 e. The summed E-state index contributed by atoms with van der Waals surface area (Å²) in [5, 5.41) is 0. The Morgan fingerprint density at radius 2 is 0.667 bits per heavy atom. The predicted octanol–water partition coefficient (Wildman–Crippen LogP) is 5.89. The van der Waals surface area contributed by atoms with Crippen molar-refractivity contribution in [1.29, 1.82) is 0 Å². The lowest BCUT2D eigenvalue weighted by molar-refractivity contribution is 1.57. The van der Waals surface area contributed by atoms with Gasteiger partial charge in [-0.25, -0.2) is 0 Å². The highest BCUT2D eigenvalue weighted by molar-refractivity contribution is 5.55. The molecule has 0 saturated carbocycles. The predicted molar refractivity (Wildman–Crippen MR) is 124 cm³/mol. The maximum absolute atomic E-state index is 3.27. The highest BCUT2D eigenvalue weighted by Gasteiger charge is 1.96. The quantitative estimate of drug-likeness (QED) is 0.335. The minimum atomic E-state index is 0.918. The van der Waals surface area contributed by atoms with Gasteiger partial charge in [-0.15, -0.1) is 0 Å². The Bertz CT molecular complexity index is 1330. The summed E-state index contributed by atoms with van der Waals surface area (Å²) in [5.41, 5.74) is 5.71. The van der Waals surface area contributed by atoms with Gasteiger partial charge in [0.2, 0.25) is 0 Å². The number of hydrogen-bond donors (Lipinski definition) is 0. The first-order chi connectivity index (χ1) is 14.9. The lowest BCUT2D eigenvalue weighted by Crippen LogP contribution is -1.84. The van der Waals surface area contributed by atoms with E-state index >= 15 is 0 Å². The van der Waals surface area contributed by atoms with Crippen LogP contribution in [0.3, 0.4) is 0 Å². The third kappa shape index (κ3) is 5.30. The second kappa shape index (κ2) is 9.66. The summed E-state index contributed by atoms with van der Waals surface area (Å²) in [5.74, 6) is 19.4. The van der Waals surface area contributed by atoms with Crippen LogP contribution in [-0.4, -0.2) is 0 Å². The third-order valence-corrected chi connectivity index (χ3v) is 4.37. The Balaban J connectivity index is 1.58. The van der Waals surface area contributed by atoms with Gasteiger partial charge in [-0.3, -0.25) is 0 Å². The second-order valence-electron chi connectivity index (χ2n) is 6.61. The van der Waals surface area contributed by atoms with Crippen molar-refractivity contribution in [3.8, 4) is 35.5 Å². The average molecular weight is 378 g/mol. The summed E-state index contributed by atoms with van der Waals surface area (Å²) in [6, 6.07) is 35.9. The fourth-order valence-corrected chi connectivity index (χ4v) is 2.84. The van der Waals surface area contributed by atoms with Gasteiger partial charge < -0.3 is 0 Å². The molecule has 0 aliphatic rings. The molecule has 0 N–H and O–H groups in total. The Morgan fingerprint density at radius 3 is 1.20 bits per heavy atom. The number of rotatable bonds is 0. The monoisotopic (exact) mass is 378 g/mol. The molecule has 0 unspecified atom stereocenters. The minimum Gasteiger partial charge on any atom is -0.0622 e. The molecule has 0 aromatic heterocycles. The van der Waals surface area contributed by atoms with E-state index in [-0.39, 0.29) is 0 Å². The molecular weight excluding hydrogens is 360 g/mol. The Kier molecular flexibility index (Phi) is 6.09. The summed E-state index contributed by atoms with van der Waals surface area (Å²) in [7, 11) is 0. The summed E-state index contributed by atoms with van der Waals surface area (Å²) in [6.45, 7) is 0. The van der Waals surface area contributed by atoms with Gasteiger partial charge in [0.05, 0.1) is 0 Å². The molecule has 0 aliphatic carbocycles. The zero-order valence-electron chi connectivity index (χ0n) is 16.4. The minimum absolute atomic E-state index is 0.918. The maximum atomic E-state index is 3.27. The van der Waals surface area contributed by atoms with E-state index in [1.54, 1.807) is 0 Å². The molecule has 30 heavy (non-hydrogen) atoms. The van der Waals surface area contributed by atoms with Crippen molar-refractivity contribution in [3.05, 3.63) is 143 Å². The number of benzene rings is 4. The second-order valence-corrected chi connectivity index (χ2v) is 6.61. The molecule has 0 saturated heterocycles. The van der Waals surface area contributed by atoms with Gasteiger partial charge >= 0.3 is 0 Å². The zero-order chi connectivity index (χ0) is 20.4. The van der Waals surface area contributed by atoms with E-state index in [9.17, 15) is 0 Å². The fourth-order valence-electron chi connectivity index (χ4n) is 2.84. The molecule has 4 rings (SSSR count). The molecule has 0 radical (unpaired) electrons. The lowest BCUT2D eigenvalue weighted by atomic mass is 10.1. The van der Waals surface area contributed by atoms with Crippen LogP contribution in [0.5, 0.6) is 0 Å². The first kappa shape index (κ1) is 18.9. The van der Waals surface area contributed by atoms with Gasteiger partial charge in [0, 0.05) is 33.4 Å². The average Bonchev–Trinajstić information content (AvgIpc) is 2.82. The van der Waals surface area contributed by atoms with Gasteiger partial charge in [-0.2, -0.15) is 0 Å². The van der Waals surface area contributed by atoms with E-state index in [1.807, 2.05) is 109 Å². The topological polar surface area (TPSA) is 0 Å². The Hall–Kier alpha value is -4.44. The van der Waals surface area contributed by atoms with Crippen molar-refractivity contribution >= 4 is 0 Å². The number of hydrogen-bond acceptors (Lipinski definition) is 0. The van der Waals surface area contributed by atoms with E-state index in [1.165, 1.54) is 0 Å². The Morgan fingerprint density at radius 1 is 0.300 bits per heavy atom. The van der Waals surface area contributed by atoms with Crippen molar-refractivity contribution in [2.24, 2.45) is 0 Å². The van der Waals surface area contributed by atoms with Crippen molar-refractivity contribution in [3.63, 3.8) is 0 Å². The van der Waals surface area contributed by atoms with Gasteiger partial charge in [0.15, 0.2) is 0 Å². The van der Waals surface area contributed by atoms with Crippen LogP contribution in [0.25, 0.3) is 0 Å². The molecule has 4 aromatic rings. The molecule has 0 spiro atoms. The van der Waals surface area contributed by atoms with E-state index in [4.69, 9.17) is 0 Å². The van der Waals surface area contributed by atoms with Crippen molar-refractivity contribution in [1.82, 2.24) is 0 Å². The SMILES string of the molecule is C(#Cc1cccc(C#Cc2ccccc2C#Cc2ccccc2)c1)c1ccccc1. The van der Waals surface area contributed by atoms with Crippen molar-refractivity contribution in [2.75, 3.05) is 0 Å². The normalized spacial score (nSPS) is 9.20. The molecule has 4 aromatic carbocycles. The van der Waals surface area contributed by atoms with Gasteiger partial charge in [-0.1, -0.05) is 90.1 Å². The standard InChI is InChI=1S/C30H18/c1-3-10-25(11-4-1)18-19-27-14-9-15-28(24-27)21-23-30-17-8-7-16-29(30)22-20-26-12-5-2-6-13-26/h1-17,24H. The molecule has 138 valence electrons.